The third-order valence-corrected chi connectivity index (χ3v) is 14.6. The minimum Gasteiger partial charge on any atom is -0.310 e. The van der Waals surface area contributed by atoms with Crippen molar-refractivity contribution < 1.29 is 0 Å². The van der Waals surface area contributed by atoms with Crippen LogP contribution in [0.1, 0.15) is 25.0 Å². The zero-order valence-electron chi connectivity index (χ0n) is 38.6. The first-order valence-electron chi connectivity index (χ1n) is 24.0. The molecule has 326 valence electrons. The summed E-state index contributed by atoms with van der Waals surface area (Å²) in [7, 11) is 0. The van der Waals surface area contributed by atoms with Crippen LogP contribution in [-0.4, -0.2) is 4.57 Å². The highest BCUT2D eigenvalue weighted by Crippen LogP contribution is 2.51. The molecule has 13 rings (SSSR count). The molecular formula is C67H48N2. The van der Waals surface area contributed by atoms with Crippen molar-refractivity contribution in [3.05, 3.63) is 266 Å². The molecule has 69 heavy (non-hydrogen) atoms. The molecule has 0 amide bonds. The van der Waals surface area contributed by atoms with Crippen LogP contribution in [0.3, 0.4) is 0 Å². The van der Waals surface area contributed by atoms with Gasteiger partial charge in [-0.15, -0.1) is 0 Å². The summed E-state index contributed by atoms with van der Waals surface area (Å²) in [5, 5.41) is 4.92. The molecule has 0 N–H and O–H groups in total. The summed E-state index contributed by atoms with van der Waals surface area (Å²) < 4.78 is 2.43. The average molecular weight is 881 g/mol. The average Bonchev–Trinajstić information content (AvgIpc) is 3.86. The van der Waals surface area contributed by atoms with Gasteiger partial charge < -0.3 is 9.47 Å². The molecular weight excluding hydrogens is 833 g/mol. The topological polar surface area (TPSA) is 8.17 Å². The Balaban J connectivity index is 0.876. The Kier molecular flexibility index (Phi) is 9.55. The van der Waals surface area contributed by atoms with Crippen molar-refractivity contribution in [2.75, 3.05) is 4.90 Å². The number of benzene rings is 11. The second-order valence-electron chi connectivity index (χ2n) is 18.9. The van der Waals surface area contributed by atoms with Crippen molar-refractivity contribution in [1.29, 1.82) is 0 Å². The zero-order chi connectivity index (χ0) is 46.1. The van der Waals surface area contributed by atoms with Crippen LogP contribution in [-0.2, 0) is 5.41 Å². The van der Waals surface area contributed by atoms with E-state index >= 15 is 0 Å². The summed E-state index contributed by atoms with van der Waals surface area (Å²) >= 11 is 0. The van der Waals surface area contributed by atoms with Gasteiger partial charge in [0.1, 0.15) is 0 Å². The molecule has 0 spiro atoms. The van der Waals surface area contributed by atoms with Gasteiger partial charge in [-0.25, -0.2) is 0 Å². The number of hydrogen-bond acceptors (Lipinski definition) is 1. The van der Waals surface area contributed by atoms with Crippen LogP contribution in [0, 0.1) is 0 Å². The molecule has 0 bridgehead atoms. The fourth-order valence-electron chi connectivity index (χ4n) is 11.1. The summed E-state index contributed by atoms with van der Waals surface area (Å²) in [6.07, 6.45) is 0. The van der Waals surface area contributed by atoms with Gasteiger partial charge in [-0.05, 0) is 145 Å². The minimum atomic E-state index is -0.108. The lowest BCUT2D eigenvalue weighted by Crippen LogP contribution is -2.16. The molecule has 12 aromatic rings. The van der Waals surface area contributed by atoms with Crippen LogP contribution in [0.25, 0.3) is 93.9 Å². The second-order valence-corrected chi connectivity index (χ2v) is 18.9. The molecule has 0 unspecified atom stereocenters. The fraction of sp³-hybridized carbons (Fsp3) is 0.0448. The molecule has 0 saturated carbocycles. The van der Waals surface area contributed by atoms with Gasteiger partial charge in [0.05, 0.1) is 16.7 Å². The molecule has 0 aliphatic heterocycles. The summed E-state index contributed by atoms with van der Waals surface area (Å²) in [6, 6.07) is 93.6. The first-order chi connectivity index (χ1) is 34.0. The molecule has 0 fully saturated rings. The normalized spacial score (nSPS) is 12.6. The molecule has 1 aromatic heterocycles. The van der Waals surface area contributed by atoms with Gasteiger partial charge >= 0.3 is 0 Å². The number of anilines is 3. The number of nitrogens with zero attached hydrogens (tertiary/aromatic N) is 2. The number of hydrogen-bond donors (Lipinski definition) is 0. The lowest BCUT2D eigenvalue weighted by molar-refractivity contribution is 0.660. The number of rotatable bonds is 8. The highest BCUT2D eigenvalue weighted by molar-refractivity contribution is 6.12. The molecule has 0 saturated heterocycles. The van der Waals surface area contributed by atoms with Gasteiger partial charge in [0.25, 0.3) is 0 Å². The van der Waals surface area contributed by atoms with Crippen molar-refractivity contribution in [3.8, 4) is 61.3 Å². The van der Waals surface area contributed by atoms with E-state index in [2.05, 4.69) is 278 Å². The van der Waals surface area contributed by atoms with Gasteiger partial charge in [0.15, 0.2) is 0 Å². The molecule has 2 nitrogen and oxygen atoms in total. The van der Waals surface area contributed by atoms with E-state index in [1.54, 1.807) is 0 Å². The molecule has 1 heterocycles. The Morgan fingerprint density at radius 3 is 1.52 bits per heavy atom. The standard InChI is InChI=1S/C67H48N2/c1-67(2)62-28-12-11-27-58(62)59-37-36-56(44-63(59)67)68(64-29-15-21-48-20-9-10-26-57(48)64)54-34-30-47(31-35-54)49-22-13-23-50(40-49)51-24-14-25-55(41-51)69-65-38-32-52(45-16-5-3-6-17-45)42-60(65)61-43-53(33-39-66(61)69)46-18-7-4-8-19-46/h3-44H,1-2H3. The fourth-order valence-corrected chi connectivity index (χ4v) is 11.1. The summed E-state index contributed by atoms with van der Waals surface area (Å²) in [6.45, 7) is 4.71. The van der Waals surface area contributed by atoms with Gasteiger partial charge in [0, 0.05) is 38.6 Å². The third-order valence-electron chi connectivity index (χ3n) is 14.6. The third kappa shape index (κ3) is 6.87. The van der Waals surface area contributed by atoms with Gasteiger partial charge in [-0.2, -0.15) is 0 Å². The van der Waals surface area contributed by atoms with Crippen molar-refractivity contribution in [3.63, 3.8) is 0 Å². The zero-order valence-corrected chi connectivity index (χ0v) is 38.6. The molecule has 2 heteroatoms. The second kappa shape index (κ2) is 16.3. The lowest BCUT2D eigenvalue weighted by atomic mass is 9.82. The van der Waals surface area contributed by atoms with Crippen molar-refractivity contribution in [1.82, 2.24) is 4.57 Å². The van der Waals surface area contributed by atoms with Crippen LogP contribution < -0.4 is 4.90 Å². The molecule has 1 aliphatic rings. The predicted molar refractivity (Wildman–Crippen MR) is 292 cm³/mol. The van der Waals surface area contributed by atoms with E-state index in [4.69, 9.17) is 0 Å². The number of fused-ring (bicyclic) bond motifs is 7. The van der Waals surface area contributed by atoms with Crippen LogP contribution in [0.15, 0.2) is 255 Å². The van der Waals surface area contributed by atoms with E-state index in [-0.39, 0.29) is 5.41 Å². The van der Waals surface area contributed by atoms with Crippen molar-refractivity contribution in [2.24, 2.45) is 0 Å². The largest absolute Gasteiger partial charge is 0.310 e. The predicted octanol–water partition coefficient (Wildman–Crippen LogP) is 18.4. The Bertz CT molecular complexity index is 3810. The maximum absolute atomic E-state index is 2.44. The van der Waals surface area contributed by atoms with Gasteiger partial charge in [0.2, 0.25) is 0 Å². The van der Waals surface area contributed by atoms with E-state index in [0.29, 0.717) is 0 Å². The SMILES string of the molecule is CC1(C)c2ccccc2-c2ccc(N(c3ccc(-c4cccc(-c5cccc(-n6c7ccc(-c8ccccc8)cc7c7cc(-c8ccccc8)ccc76)c5)c4)cc3)c3cccc4ccccc34)cc21. The first kappa shape index (κ1) is 40.5. The van der Waals surface area contributed by atoms with Gasteiger partial charge in [-0.1, -0.05) is 196 Å². The van der Waals surface area contributed by atoms with Crippen molar-refractivity contribution >= 4 is 49.6 Å². The summed E-state index contributed by atoms with van der Waals surface area (Å²) in [5.74, 6) is 0. The Morgan fingerprint density at radius 1 is 0.319 bits per heavy atom. The Labute approximate surface area is 403 Å². The van der Waals surface area contributed by atoms with E-state index < -0.39 is 0 Å². The maximum atomic E-state index is 2.44. The Morgan fingerprint density at radius 2 is 0.812 bits per heavy atom. The van der Waals surface area contributed by atoms with E-state index in [0.717, 1.165) is 22.7 Å². The summed E-state index contributed by atoms with van der Waals surface area (Å²) in [5.41, 5.74) is 21.8. The minimum absolute atomic E-state index is 0.108. The maximum Gasteiger partial charge on any atom is 0.0541 e. The van der Waals surface area contributed by atoms with E-state index in [1.165, 1.54) is 99.3 Å². The molecule has 11 aromatic carbocycles. The van der Waals surface area contributed by atoms with E-state index in [1.807, 2.05) is 0 Å². The first-order valence-corrected chi connectivity index (χ1v) is 24.0. The molecule has 0 radical (unpaired) electrons. The number of aromatic nitrogens is 1. The Hall–Kier alpha value is -8.72. The van der Waals surface area contributed by atoms with Gasteiger partial charge in [-0.3, -0.25) is 0 Å². The monoisotopic (exact) mass is 880 g/mol. The smallest absolute Gasteiger partial charge is 0.0541 e. The lowest BCUT2D eigenvalue weighted by Gasteiger charge is -2.29. The van der Waals surface area contributed by atoms with Crippen LogP contribution in [0.4, 0.5) is 17.1 Å². The highest BCUT2D eigenvalue weighted by atomic mass is 15.1. The molecule has 1 aliphatic carbocycles. The highest BCUT2D eigenvalue weighted by Gasteiger charge is 2.36. The molecule has 0 atom stereocenters. The van der Waals surface area contributed by atoms with Crippen LogP contribution >= 0.6 is 0 Å². The quantitative estimate of drug-likeness (QED) is 0.148. The van der Waals surface area contributed by atoms with Crippen LogP contribution in [0.2, 0.25) is 0 Å². The van der Waals surface area contributed by atoms with E-state index in [9.17, 15) is 0 Å². The van der Waals surface area contributed by atoms with Crippen LogP contribution in [0.5, 0.6) is 0 Å². The summed E-state index contributed by atoms with van der Waals surface area (Å²) in [4.78, 5) is 2.44. The van der Waals surface area contributed by atoms with Crippen molar-refractivity contribution in [2.45, 2.75) is 19.3 Å².